The van der Waals surface area contributed by atoms with Crippen molar-refractivity contribution in [1.82, 2.24) is 10.6 Å². The van der Waals surface area contributed by atoms with Gasteiger partial charge in [0.2, 0.25) is 5.91 Å². The summed E-state index contributed by atoms with van der Waals surface area (Å²) in [6.07, 6.45) is 3.74. The second-order valence-corrected chi connectivity index (χ2v) is 4.29. The topological polar surface area (TPSA) is 50.4 Å². The molecule has 0 aromatic heterocycles. The van der Waals surface area contributed by atoms with Crippen LogP contribution in [0.25, 0.3) is 0 Å². The van der Waals surface area contributed by atoms with Gasteiger partial charge in [0, 0.05) is 12.6 Å². The van der Waals surface area contributed by atoms with E-state index >= 15 is 0 Å². The average molecular weight is 214 g/mol. The monoisotopic (exact) mass is 214 g/mol. The SMILES string of the molecule is CC(C)OCC(=O)NCCCNC1CC1. The molecule has 1 amide bonds. The first-order valence-corrected chi connectivity index (χ1v) is 5.80. The normalized spacial score (nSPS) is 15.7. The van der Waals surface area contributed by atoms with Crippen LogP contribution in [0, 0.1) is 0 Å². The molecule has 0 heterocycles. The summed E-state index contributed by atoms with van der Waals surface area (Å²) in [5.41, 5.74) is 0. The molecular formula is C11H22N2O2. The number of carbonyl (C=O) groups excluding carboxylic acids is 1. The molecule has 0 spiro atoms. The zero-order valence-corrected chi connectivity index (χ0v) is 9.71. The van der Waals surface area contributed by atoms with Crippen LogP contribution in [0.1, 0.15) is 33.1 Å². The van der Waals surface area contributed by atoms with E-state index in [1.165, 1.54) is 12.8 Å². The molecule has 1 saturated carbocycles. The first kappa shape index (κ1) is 12.5. The average Bonchev–Trinajstić information content (AvgIpc) is 2.98. The first-order chi connectivity index (χ1) is 7.18. The Morgan fingerprint density at radius 1 is 1.40 bits per heavy atom. The number of amides is 1. The van der Waals surface area contributed by atoms with E-state index in [9.17, 15) is 4.79 Å². The van der Waals surface area contributed by atoms with Gasteiger partial charge in [-0.15, -0.1) is 0 Å². The predicted octanol–water partition coefficient (Wildman–Crippen LogP) is 0.670. The Morgan fingerprint density at radius 2 is 2.13 bits per heavy atom. The molecule has 1 rings (SSSR count). The fourth-order valence-corrected chi connectivity index (χ4v) is 1.20. The zero-order valence-electron chi connectivity index (χ0n) is 9.71. The summed E-state index contributed by atoms with van der Waals surface area (Å²) in [4.78, 5) is 11.2. The number of carbonyl (C=O) groups is 1. The largest absolute Gasteiger partial charge is 0.369 e. The molecular weight excluding hydrogens is 192 g/mol. The molecule has 4 heteroatoms. The van der Waals surface area contributed by atoms with Crippen LogP contribution in [0.3, 0.4) is 0 Å². The van der Waals surface area contributed by atoms with Gasteiger partial charge in [-0.25, -0.2) is 0 Å². The second kappa shape index (κ2) is 6.80. The molecule has 0 atom stereocenters. The van der Waals surface area contributed by atoms with Crippen LogP contribution in [0.2, 0.25) is 0 Å². The number of hydrogen-bond acceptors (Lipinski definition) is 3. The summed E-state index contributed by atoms with van der Waals surface area (Å²) >= 11 is 0. The van der Waals surface area contributed by atoms with E-state index in [1.54, 1.807) is 0 Å². The van der Waals surface area contributed by atoms with Crippen LogP contribution in [0.15, 0.2) is 0 Å². The van der Waals surface area contributed by atoms with Gasteiger partial charge in [-0.2, -0.15) is 0 Å². The Hall–Kier alpha value is -0.610. The highest BCUT2D eigenvalue weighted by molar-refractivity contribution is 5.77. The van der Waals surface area contributed by atoms with E-state index in [2.05, 4.69) is 10.6 Å². The third kappa shape index (κ3) is 7.33. The van der Waals surface area contributed by atoms with Crippen LogP contribution < -0.4 is 10.6 Å². The van der Waals surface area contributed by atoms with Crippen LogP contribution in [0.4, 0.5) is 0 Å². The molecule has 1 fully saturated rings. The van der Waals surface area contributed by atoms with Crippen molar-refractivity contribution in [1.29, 1.82) is 0 Å². The van der Waals surface area contributed by atoms with Gasteiger partial charge in [0.25, 0.3) is 0 Å². The smallest absolute Gasteiger partial charge is 0.246 e. The van der Waals surface area contributed by atoms with Gasteiger partial charge in [-0.05, 0) is 39.7 Å². The van der Waals surface area contributed by atoms with E-state index in [0.29, 0.717) is 0 Å². The van der Waals surface area contributed by atoms with Crippen LogP contribution in [-0.2, 0) is 9.53 Å². The number of ether oxygens (including phenoxy) is 1. The Balaban J connectivity index is 1.82. The second-order valence-electron chi connectivity index (χ2n) is 4.29. The fourth-order valence-electron chi connectivity index (χ4n) is 1.20. The zero-order chi connectivity index (χ0) is 11.1. The lowest BCUT2D eigenvalue weighted by molar-refractivity contribution is -0.127. The molecule has 0 aromatic rings. The molecule has 0 bridgehead atoms. The fraction of sp³-hybridized carbons (Fsp3) is 0.909. The summed E-state index contributed by atoms with van der Waals surface area (Å²) in [7, 11) is 0. The lowest BCUT2D eigenvalue weighted by Gasteiger charge is -2.08. The number of rotatable bonds is 8. The maximum Gasteiger partial charge on any atom is 0.246 e. The van der Waals surface area contributed by atoms with Crippen molar-refractivity contribution in [2.75, 3.05) is 19.7 Å². The summed E-state index contributed by atoms with van der Waals surface area (Å²) in [6, 6.07) is 0.755. The van der Waals surface area contributed by atoms with Crippen molar-refractivity contribution in [3.8, 4) is 0 Å². The lowest BCUT2D eigenvalue weighted by atomic mass is 10.4. The summed E-state index contributed by atoms with van der Waals surface area (Å²) in [5, 5.41) is 6.23. The third-order valence-corrected chi connectivity index (χ3v) is 2.23. The quantitative estimate of drug-likeness (QED) is 0.584. The Morgan fingerprint density at radius 3 is 2.73 bits per heavy atom. The van der Waals surface area contributed by atoms with Gasteiger partial charge in [0.05, 0.1) is 6.10 Å². The Bertz CT molecular complexity index is 191. The summed E-state index contributed by atoms with van der Waals surface area (Å²) in [5.74, 6) is -0.0184. The highest BCUT2D eigenvalue weighted by Gasteiger charge is 2.19. The van der Waals surface area contributed by atoms with Crippen molar-refractivity contribution < 1.29 is 9.53 Å². The van der Waals surface area contributed by atoms with E-state index < -0.39 is 0 Å². The molecule has 1 aliphatic carbocycles. The first-order valence-electron chi connectivity index (χ1n) is 5.80. The van der Waals surface area contributed by atoms with Crippen molar-refractivity contribution >= 4 is 5.91 Å². The maximum absolute atomic E-state index is 11.2. The van der Waals surface area contributed by atoms with Gasteiger partial charge in [0.15, 0.2) is 0 Å². The van der Waals surface area contributed by atoms with E-state index in [-0.39, 0.29) is 18.6 Å². The highest BCUT2D eigenvalue weighted by Crippen LogP contribution is 2.18. The van der Waals surface area contributed by atoms with E-state index in [1.807, 2.05) is 13.8 Å². The molecule has 0 unspecified atom stereocenters. The summed E-state index contributed by atoms with van der Waals surface area (Å²) in [6.45, 7) is 5.75. The molecule has 1 aliphatic rings. The maximum atomic E-state index is 11.2. The van der Waals surface area contributed by atoms with Crippen molar-refractivity contribution in [2.45, 2.75) is 45.3 Å². The van der Waals surface area contributed by atoms with Gasteiger partial charge in [0.1, 0.15) is 6.61 Å². The van der Waals surface area contributed by atoms with Crippen molar-refractivity contribution in [3.05, 3.63) is 0 Å². The molecule has 0 aromatic carbocycles. The van der Waals surface area contributed by atoms with Gasteiger partial charge in [-0.1, -0.05) is 0 Å². The van der Waals surface area contributed by atoms with Crippen LogP contribution in [-0.4, -0.2) is 37.7 Å². The summed E-state index contributed by atoms with van der Waals surface area (Å²) < 4.78 is 5.18. The van der Waals surface area contributed by atoms with Crippen molar-refractivity contribution in [2.24, 2.45) is 0 Å². The van der Waals surface area contributed by atoms with Crippen LogP contribution in [0.5, 0.6) is 0 Å². The Kier molecular flexibility index (Phi) is 5.65. The molecule has 88 valence electrons. The number of hydrogen-bond donors (Lipinski definition) is 2. The van der Waals surface area contributed by atoms with Gasteiger partial charge >= 0.3 is 0 Å². The molecule has 15 heavy (non-hydrogen) atoms. The standard InChI is InChI=1S/C11H22N2O2/c1-9(2)15-8-11(14)13-7-3-6-12-10-4-5-10/h9-10,12H,3-8H2,1-2H3,(H,13,14). The molecule has 2 N–H and O–H groups in total. The van der Waals surface area contributed by atoms with Gasteiger partial charge in [-0.3, -0.25) is 4.79 Å². The van der Waals surface area contributed by atoms with Gasteiger partial charge < -0.3 is 15.4 Å². The third-order valence-electron chi connectivity index (χ3n) is 2.23. The molecule has 4 nitrogen and oxygen atoms in total. The minimum absolute atomic E-state index is 0.0184. The van der Waals surface area contributed by atoms with Crippen molar-refractivity contribution in [3.63, 3.8) is 0 Å². The number of nitrogens with one attached hydrogen (secondary N) is 2. The van der Waals surface area contributed by atoms with Crippen LogP contribution >= 0.6 is 0 Å². The molecule has 0 radical (unpaired) electrons. The van der Waals surface area contributed by atoms with E-state index in [4.69, 9.17) is 4.74 Å². The molecule has 0 aliphatic heterocycles. The minimum Gasteiger partial charge on any atom is -0.369 e. The lowest BCUT2D eigenvalue weighted by Crippen LogP contribution is -2.31. The van der Waals surface area contributed by atoms with E-state index in [0.717, 1.165) is 25.6 Å². The highest BCUT2D eigenvalue weighted by atomic mass is 16.5. The minimum atomic E-state index is -0.0184. The predicted molar refractivity (Wildman–Crippen MR) is 59.7 cm³/mol. The Labute approximate surface area is 91.8 Å². The molecule has 0 saturated heterocycles.